The van der Waals surface area contributed by atoms with E-state index in [1.54, 1.807) is 6.07 Å². The van der Waals surface area contributed by atoms with Crippen LogP contribution in [0.5, 0.6) is 0 Å². The van der Waals surface area contributed by atoms with Gasteiger partial charge in [-0.1, -0.05) is 23.7 Å². The van der Waals surface area contributed by atoms with Crippen LogP contribution in [-0.4, -0.2) is 0 Å². The summed E-state index contributed by atoms with van der Waals surface area (Å²) >= 11 is 5.77. The second-order valence-corrected chi connectivity index (χ2v) is 3.51. The number of halogens is 4. The number of benzene rings is 1. The number of alkyl halides is 3. The summed E-state index contributed by atoms with van der Waals surface area (Å²) in [7, 11) is 0. The fourth-order valence-electron chi connectivity index (χ4n) is 1.10. The highest BCUT2D eigenvalue weighted by atomic mass is 35.5. The topological polar surface area (TPSA) is 23.8 Å². The van der Waals surface area contributed by atoms with E-state index < -0.39 is 11.7 Å². The first-order valence-corrected chi connectivity index (χ1v) is 4.68. The van der Waals surface area contributed by atoms with Gasteiger partial charge in [0.1, 0.15) is 0 Å². The van der Waals surface area contributed by atoms with Crippen LogP contribution in [0.4, 0.5) is 13.2 Å². The van der Waals surface area contributed by atoms with Crippen LogP contribution in [-0.2, 0) is 6.18 Å². The van der Waals surface area contributed by atoms with Gasteiger partial charge in [-0.25, -0.2) is 0 Å². The highest BCUT2D eigenvalue weighted by Crippen LogP contribution is 2.32. The van der Waals surface area contributed by atoms with E-state index in [1.165, 1.54) is 19.1 Å². The van der Waals surface area contributed by atoms with Crippen LogP contribution in [0.1, 0.15) is 18.1 Å². The second-order valence-electron chi connectivity index (χ2n) is 3.13. The maximum absolute atomic E-state index is 12.4. The molecule has 0 bridgehead atoms. The lowest BCUT2D eigenvalue weighted by molar-refractivity contribution is -0.137. The van der Waals surface area contributed by atoms with Gasteiger partial charge in [0.25, 0.3) is 0 Å². The summed E-state index contributed by atoms with van der Waals surface area (Å²) in [5, 5.41) is 8.62. The van der Waals surface area contributed by atoms with Gasteiger partial charge in [0.15, 0.2) is 0 Å². The monoisotopic (exact) mass is 245 g/mol. The van der Waals surface area contributed by atoms with Crippen molar-refractivity contribution in [2.45, 2.75) is 13.1 Å². The van der Waals surface area contributed by atoms with Gasteiger partial charge in [-0.3, -0.25) is 0 Å². The van der Waals surface area contributed by atoms with Gasteiger partial charge < -0.3 is 0 Å². The lowest BCUT2D eigenvalue weighted by Gasteiger charge is -2.08. The van der Waals surface area contributed by atoms with E-state index in [1.807, 2.05) is 0 Å². The fraction of sp³-hybridized carbons (Fsp3) is 0.182. The summed E-state index contributed by atoms with van der Waals surface area (Å²) in [4.78, 5) is 0. The number of hydrogen-bond acceptors (Lipinski definition) is 1. The number of nitrogens with zero attached hydrogens (tertiary/aromatic N) is 1. The predicted octanol–water partition coefficient (Wildman–Crippen LogP) is 4.20. The van der Waals surface area contributed by atoms with Gasteiger partial charge in [-0.2, -0.15) is 18.4 Å². The Labute approximate surface area is 95.8 Å². The first kappa shape index (κ1) is 12.6. The van der Waals surface area contributed by atoms with E-state index >= 15 is 0 Å². The smallest absolute Gasteiger partial charge is 0.193 e. The Morgan fingerprint density at radius 3 is 2.50 bits per heavy atom. The van der Waals surface area contributed by atoms with E-state index in [0.717, 1.165) is 12.1 Å². The van der Waals surface area contributed by atoms with E-state index in [-0.39, 0.29) is 16.2 Å². The Hall–Kier alpha value is -1.47. The van der Waals surface area contributed by atoms with Crippen molar-refractivity contribution in [2.75, 3.05) is 0 Å². The highest BCUT2D eigenvalue weighted by molar-refractivity contribution is 6.49. The van der Waals surface area contributed by atoms with Crippen molar-refractivity contribution in [3.8, 4) is 6.07 Å². The summed E-state index contributed by atoms with van der Waals surface area (Å²) in [5.41, 5.74) is -0.412. The average Bonchev–Trinajstić information content (AvgIpc) is 2.26. The minimum Gasteiger partial charge on any atom is -0.193 e. The van der Waals surface area contributed by atoms with E-state index in [4.69, 9.17) is 16.9 Å². The Kier molecular flexibility index (Phi) is 3.61. The maximum atomic E-state index is 12.4. The van der Waals surface area contributed by atoms with Crippen LogP contribution in [0.25, 0.3) is 5.03 Å². The molecule has 0 aliphatic carbocycles. The average molecular weight is 246 g/mol. The molecule has 5 heteroatoms. The molecule has 0 saturated carbocycles. The van der Waals surface area contributed by atoms with Crippen LogP contribution in [0, 0.1) is 11.3 Å². The first-order chi connectivity index (χ1) is 7.36. The molecule has 0 amide bonds. The van der Waals surface area contributed by atoms with E-state index in [9.17, 15) is 13.2 Å². The van der Waals surface area contributed by atoms with Crippen molar-refractivity contribution in [1.29, 1.82) is 5.26 Å². The Bertz CT molecular complexity index is 469. The lowest BCUT2D eigenvalue weighted by Crippen LogP contribution is -2.04. The molecule has 0 heterocycles. The third-order valence-electron chi connectivity index (χ3n) is 1.94. The standard InChI is InChI=1S/C11H7ClF3N/c1-7(6-16)10(12)8-3-2-4-9(5-8)11(13,14)15/h2-5H,1H3. The summed E-state index contributed by atoms with van der Waals surface area (Å²) in [6.07, 6.45) is -4.41. The molecule has 0 radical (unpaired) electrons. The van der Waals surface area contributed by atoms with Gasteiger partial charge in [0, 0.05) is 5.57 Å². The van der Waals surface area contributed by atoms with Crippen LogP contribution >= 0.6 is 11.6 Å². The Balaban J connectivity index is 3.25. The van der Waals surface area contributed by atoms with Crippen LogP contribution in [0.3, 0.4) is 0 Å². The molecule has 0 fully saturated rings. The summed E-state index contributed by atoms with van der Waals surface area (Å²) in [5.74, 6) is 0. The minimum absolute atomic E-state index is 0.0357. The van der Waals surface area contributed by atoms with E-state index in [2.05, 4.69) is 0 Å². The van der Waals surface area contributed by atoms with Gasteiger partial charge in [-0.15, -0.1) is 0 Å². The number of rotatable bonds is 1. The normalized spacial score (nSPS) is 13.0. The zero-order valence-electron chi connectivity index (χ0n) is 8.27. The molecule has 1 aromatic rings. The van der Waals surface area contributed by atoms with Crippen molar-refractivity contribution in [1.82, 2.24) is 0 Å². The molecule has 1 aromatic carbocycles. The Morgan fingerprint density at radius 1 is 1.38 bits per heavy atom. The molecule has 0 unspecified atom stereocenters. The van der Waals surface area contributed by atoms with Gasteiger partial charge in [0.05, 0.1) is 16.7 Å². The van der Waals surface area contributed by atoms with Gasteiger partial charge >= 0.3 is 6.18 Å². The zero-order valence-corrected chi connectivity index (χ0v) is 9.02. The minimum atomic E-state index is -4.41. The first-order valence-electron chi connectivity index (χ1n) is 4.30. The molecule has 0 saturated heterocycles. The van der Waals surface area contributed by atoms with Gasteiger partial charge in [0.2, 0.25) is 0 Å². The third-order valence-corrected chi connectivity index (χ3v) is 2.44. The quantitative estimate of drug-likeness (QED) is 0.680. The predicted molar refractivity (Wildman–Crippen MR) is 55.5 cm³/mol. The molecule has 0 spiro atoms. The number of hydrogen-bond donors (Lipinski definition) is 0. The molecular weight excluding hydrogens is 239 g/mol. The van der Waals surface area contributed by atoms with Crippen molar-refractivity contribution >= 4 is 16.6 Å². The summed E-state index contributed by atoms with van der Waals surface area (Å²) in [6, 6.07) is 6.35. The van der Waals surface area contributed by atoms with Crippen LogP contribution < -0.4 is 0 Å². The van der Waals surface area contributed by atoms with Crippen LogP contribution in [0.2, 0.25) is 0 Å². The molecule has 1 rings (SSSR count). The molecule has 0 aromatic heterocycles. The largest absolute Gasteiger partial charge is 0.416 e. The fourth-order valence-corrected chi connectivity index (χ4v) is 1.26. The molecule has 0 atom stereocenters. The van der Waals surface area contributed by atoms with Crippen molar-refractivity contribution in [3.63, 3.8) is 0 Å². The number of allylic oxidation sites excluding steroid dienone is 1. The molecule has 1 nitrogen and oxygen atoms in total. The molecule has 16 heavy (non-hydrogen) atoms. The highest BCUT2D eigenvalue weighted by Gasteiger charge is 2.30. The summed E-state index contributed by atoms with van der Waals surface area (Å²) < 4.78 is 37.2. The van der Waals surface area contributed by atoms with E-state index in [0.29, 0.717) is 0 Å². The SMILES string of the molecule is CC(C#N)=C(Cl)c1cccc(C(F)(F)F)c1. The second kappa shape index (κ2) is 4.58. The molecule has 0 N–H and O–H groups in total. The third kappa shape index (κ3) is 2.77. The van der Waals surface area contributed by atoms with Crippen LogP contribution in [0.15, 0.2) is 29.8 Å². The molecule has 84 valence electrons. The summed E-state index contributed by atoms with van der Waals surface area (Å²) in [6.45, 7) is 1.45. The lowest BCUT2D eigenvalue weighted by atomic mass is 10.1. The van der Waals surface area contributed by atoms with Gasteiger partial charge in [-0.05, 0) is 24.6 Å². The molecule has 0 aliphatic heterocycles. The zero-order chi connectivity index (χ0) is 12.3. The van der Waals surface area contributed by atoms with Crippen molar-refractivity contribution in [2.24, 2.45) is 0 Å². The molecule has 0 aliphatic rings. The maximum Gasteiger partial charge on any atom is 0.416 e. The Morgan fingerprint density at radius 2 is 2.00 bits per heavy atom. The van der Waals surface area contributed by atoms with Crippen molar-refractivity contribution < 1.29 is 13.2 Å². The molecular formula is C11H7ClF3N. The number of nitriles is 1. The van der Waals surface area contributed by atoms with Crippen molar-refractivity contribution in [3.05, 3.63) is 41.0 Å².